The molecule has 26 heavy (non-hydrogen) atoms. The summed E-state index contributed by atoms with van der Waals surface area (Å²) in [7, 11) is 0. The minimum Gasteiger partial charge on any atom is -0.505 e. The number of hydrogen-bond acceptors (Lipinski definition) is 4. The number of Topliss-reactive ketones (excluding diaryl/α,β-unsaturated/α-hetero) is 1. The first-order valence-corrected chi connectivity index (χ1v) is 8.92. The van der Waals surface area contributed by atoms with Crippen LogP contribution in [0.4, 0.5) is 0 Å². The summed E-state index contributed by atoms with van der Waals surface area (Å²) in [4.78, 5) is 12.8. The van der Waals surface area contributed by atoms with Gasteiger partial charge in [-0.15, -0.1) is 15.0 Å². The van der Waals surface area contributed by atoms with Crippen molar-refractivity contribution in [2.24, 2.45) is 0 Å². The van der Waals surface area contributed by atoms with E-state index >= 15 is 0 Å². The van der Waals surface area contributed by atoms with Crippen molar-refractivity contribution in [3.8, 4) is 11.4 Å². The molecule has 0 aliphatic heterocycles. The van der Waals surface area contributed by atoms with Crippen molar-refractivity contribution in [2.75, 3.05) is 0 Å². The number of halogens is 1. The van der Waals surface area contributed by atoms with Gasteiger partial charge in [0, 0.05) is 17.0 Å². The third-order valence-corrected chi connectivity index (χ3v) is 4.52. The number of aromatic nitrogens is 3. The summed E-state index contributed by atoms with van der Waals surface area (Å²) in [5.41, 5.74) is 3.36. The van der Waals surface area contributed by atoms with Gasteiger partial charge in [0.25, 0.3) is 0 Å². The second-order valence-corrected chi connectivity index (χ2v) is 8.02. The fourth-order valence-electron chi connectivity index (χ4n) is 2.86. The Morgan fingerprint density at radius 3 is 2.50 bits per heavy atom. The standard InChI is InChI=1S/C20H22ClN3O2/c1-12(25)5-6-13-9-15(20(2,3)4)19(26)18(10-13)24-22-16-8-7-14(21)11-17(16)23-24/h7-11,26H,5-6H2,1-4H3. The molecule has 0 aliphatic rings. The molecule has 0 atom stereocenters. The first-order chi connectivity index (χ1) is 12.1. The van der Waals surface area contributed by atoms with E-state index in [1.807, 2.05) is 32.9 Å². The first-order valence-electron chi connectivity index (χ1n) is 8.54. The van der Waals surface area contributed by atoms with Crippen molar-refractivity contribution >= 4 is 28.4 Å². The van der Waals surface area contributed by atoms with Gasteiger partial charge in [0.15, 0.2) is 0 Å². The number of ketones is 1. The number of phenolic OH excluding ortho intramolecular Hbond substituents is 1. The summed E-state index contributed by atoms with van der Waals surface area (Å²) in [5, 5.41) is 20.4. The Balaban J connectivity index is 2.16. The van der Waals surface area contributed by atoms with Gasteiger partial charge in [0.05, 0.1) is 0 Å². The molecular formula is C20H22ClN3O2. The zero-order valence-electron chi connectivity index (χ0n) is 15.4. The zero-order valence-corrected chi connectivity index (χ0v) is 16.1. The average Bonchev–Trinajstić information content (AvgIpc) is 2.95. The summed E-state index contributed by atoms with van der Waals surface area (Å²) in [5.74, 6) is 0.282. The number of hydrogen-bond donors (Lipinski definition) is 1. The molecule has 0 amide bonds. The van der Waals surface area contributed by atoms with Gasteiger partial charge in [0.1, 0.15) is 28.3 Å². The quantitative estimate of drug-likeness (QED) is 0.727. The van der Waals surface area contributed by atoms with Crippen LogP contribution < -0.4 is 0 Å². The summed E-state index contributed by atoms with van der Waals surface area (Å²) >= 11 is 6.03. The molecule has 0 radical (unpaired) electrons. The minimum absolute atomic E-state index is 0.134. The highest BCUT2D eigenvalue weighted by Gasteiger charge is 2.23. The Morgan fingerprint density at radius 2 is 1.85 bits per heavy atom. The van der Waals surface area contributed by atoms with E-state index in [4.69, 9.17) is 11.6 Å². The van der Waals surface area contributed by atoms with E-state index in [1.54, 1.807) is 25.1 Å². The molecule has 0 aliphatic carbocycles. The van der Waals surface area contributed by atoms with E-state index in [0.29, 0.717) is 34.6 Å². The van der Waals surface area contributed by atoms with Crippen LogP contribution >= 0.6 is 11.6 Å². The molecule has 0 bridgehead atoms. The minimum atomic E-state index is -0.263. The van der Waals surface area contributed by atoms with Gasteiger partial charge in [0.2, 0.25) is 0 Å². The molecule has 0 saturated carbocycles. The summed E-state index contributed by atoms with van der Waals surface area (Å²) < 4.78 is 0. The highest BCUT2D eigenvalue weighted by atomic mass is 35.5. The van der Waals surface area contributed by atoms with Crippen molar-refractivity contribution in [1.29, 1.82) is 0 Å². The summed E-state index contributed by atoms with van der Waals surface area (Å²) in [6.45, 7) is 7.69. The van der Waals surface area contributed by atoms with Crippen molar-refractivity contribution in [2.45, 2.75) is 46.0 Å². The van der Waals surface area contributed by atoms with Crippen LogP contribution in [-0.4, -0.2) is 25.9 Å². The molecule has 0 unspecified atom stereocenters. The zero-order chi connectivity index (χ0) is 19.1. The fraction of sp³-hybridized carbons (Fsp3) is 0.350. The van der Waals surface area contributed by atoms with Crippen LogP contribution in [0.25, 0.3) is 16.7 Å². The lowest BCUT2D eigenvalue weighted by atomic mass is 9.84. The molecule has 0 saturated heterocycles. The maximum Gasteiger partial charge on any atom is 0.146 e. The van der Waals surface area contributed by atoms with Crippen LogP contribution in [0.3, 0.4) is 0 Å². The smallest absolute Gasteiger partial charge is 0.146 e. The molecule has 0 fully saturated rings. The predicted molar refractivity (Wildman–Crippen MR) is 103 cm³/mol. The van der Waals surface area contributed by atoms with E-state index in [2.05, 4.69) is 10.2 Å². The van der Waals surface area contributed by atoms with Crippen LogP contribution in [0, 0.1) is 0 Å². The number of rotatable bonds is 4. The van der Waals surface area contributed by atoms with Crippen LogP contribution in [0.1, 0.15) is 45.2 Å². The Morgan fingerprint density at radius 1 is 1.15 bits per heavy atom. The number of carbonyl (C=O) groups excluding carboxylic acids is 1. The molecular weight excluding hydrogens is 350 g/mol. The largest absolute Gasteiger partial charge is 0.505 e. The SMILES string of the molecule is CC(=O)CCc1cc(-n2nc3ccc(Cl)cc3n2)c(O)c(C(C)(C)C)c1. The maximum atomic E-state index is 11.4. The third kappa shape index (κ3) is 3.73. The molecule has 0 spiro atoms. The number of aryl methyl sites for hydroxylation is 1. The van der Waals surface area contributed by atoms with E-state index in [1.165, 1.54) is 4.80 Å². The number of aromatic hydroxyl groups is 1. The molecule has 6 heteroatoms. The lowest BCUT2D eigenvalue weighted by molar-refractivity contribution is -0.116. The molecule has 1 heterocycles. The Kier molecular flexibility index (Phi) is 4.76. The number of carbonyl (C=O) groups is 1. The summed E-state index contributed by atoms with van der Waals surface area (Å²) in [6, 6.07) is 9.09. The number of nitrogens with zero attached hydrogens (tertiary/aromatic N) is 3. The van der Waals surface area contributed by atoms with Crippen LogP contribution in [0.15, 0.2) is 30.3 Å². The second-order valence-electron chi connectivity index (χ2n) is 7.59. The topological polar surface area (TPSA) is 68.0 Å². The van der Waals surface area contributed by atoms with Gasteiger partial charge >= 0.3 is 0 Å². The van der Waals surface area contributed by atoms with Gasteiger partial charge in [-0.05, 0) is 48.6 Å². The van der Waals surface area contributed by atoms with E-state index in [9.17, 15) is 9.90 Å². The molecule has 136 valence electrons. The van der Waals surface area contributed by atoms with Gasteiger partial charge in [-0.2, -0.15) is 0 Å². The van der Waals surface area contributed by atoms with E-state index in [-0.39, 0.29) is 16.9 Å². The monoisotopic (exact) mass is 371 g/mol. The number of phenols is 1. The Labute approximate surface area is 157 Å². The lowest BCUT2D eigenvalue weighted by Crippen LogP contribution is -2.14. The van der Waals surface area contributed by atoms with Gasteiger partial charge in [-0.25, -0.2) is 0 Å². The average molecular weight is 372 g/mol. The van der Waals surface area contributed by atoms with Crippen molar-refractivity contribution in [3.05, 3.63) is 46.5 Å². The van der Waals surface area contributed by atoms with E-state index in [0.717, 1.165) is 11.1 Å². The maximum absolute atomic E-state index is 11.4. The van der Waals surface area contributed by atoms with Crippen LogP contribution in [0.2, 0.25) is 5.02 Å². The highest BCUT2D eigenvalue weighted by molar-refractivity contribution is 6.31. The van der Waals surface area contributed by atoms with Crippen LogP contribution in [-0.2, 0) is 16.6 Å². The highest BCUT2D eigenvalue weighted by Crippen LogP contribution is 2.36. The van der Waals surface area contributed by atoms with Gasteiger partial charge in [-0.3, -0.25) is 0 Å². The lowest BCUT2D eigenvalue weighted by Gasteiger charge is -2.23. The third-order valence-electron chi connectivity index (χ3n) is 4.28. The first kappa shape index (κ1) is 18.4. The van der Waals surface area contributed by atoms with Crippen molar-refractivity contribution in [3.63, 3.8) is 0 Å². The van der Waals surface area contributed by atoms with Gasteiger partial charge < -0.3 is 9.90 Å². The number of benzene rings is 2. The van der Waals surface area contributed by atoms with Gasteiger partial charge in [-0.1, -0.05) is 38.4 Å². The number of fused-ring (bicyclic) bond motifs is 1. The molecule has 1 N–H and O–H groups in total. The fourth-order valence-corrected chi connectivity index (χ4v) is 3.03. The van der Waals surface area contributed by atoms with E-state index < -0.39 is 0 Å². The van der Waals surface area contributed by atoms with Crippen molar-refractivity contribution in [1.82, 2.24) is 15.0 Å². The Hall–Kier alpha value is -2.40. The molecule has 5 nitrogen and oxygen atoms in total. The predicted octanol–water partition coefficient (Wildman–Crippen LogP) is 4.60. The summed E-state index contributed by atoms with van der Waals surface area (Å²) in [6.07, 6.45) is 1.07. The van der Waals surface area contributed by atoms with Crippen molar-refractivity contribution < 1.29 is 9.90 Å². The Bertz CT molecular complexity index is 987. The molecule has 1 aromatic heterocycles. The molecule has 3 aromatic rings. The molecule has 3 rings (SSSR count). The van der Waals surface area contributed by atoms with Crippen LogP contribution in [0.5, 0.6) is 5.75 Å². The second kappa shape index (κ2) is 6.72. The normalized spacial score (nSPS) is 11.9. The molecule has 2 aromatic carbocycles.